The van der Waals surface area contributed by atoms with Crippen LogP contribution in [0.5, 0.6) is 0 Å². The van der Waals surface area contributed by atoms with Gasteiger partial charge in [0.2, 0.25) is 5.54 Å². The summed E-state index contributed by atoms with van der Waals surface area (Å²) in [6, 6.07) is 2.14. The molecular weight excluding hydrogens is 222 g/mol. The Morgan fingerprint density at radius 1 is 0.722 bits per heavy atom. The first-order chi connectivity index (χ1) is 7.82. The quantitative estimate of drug-likeness (QED) is 0.662. The monoisotopic (exact) mass is 250 g/mol. The molecule has 3 nitrogen and oxygen atoms in total. The molecule has 0 aromatic carbocycles. The fraction of sp³-hybridized carbons (Fsp3) is 0.800. The fourth-order valence-corrected chi connectivity index (χ4v) is 1.45. The molecule has 102 valence electrons. The Morgan fingerprint density at radius 2 is 1.06 bits per heavy atom. The molecule has 0 saturated carbocycles. The lowest BCUT2D eigenvalue weighted by molar-refractivity contribution is -0.856. The van der Waals surface area contributed by atoms with Crippen LogP contribution in [0.25, 0.3) is 0 Å². The van der Waals surface area contributed by atoms with Crippen molar-refractivity contribution in [2.45, 2.75) is 78.7 Å². The molecule has 0 fully saturated rings. The van der Waals surface area contributed by atoms with Gasteiger partial charge in [-0.15, -0.1) is 0 Å². The van der Waals surface area contributed by atoms with Crippen LogP contribution < -0.4 is 4.80 Å². The highest BCUT2D eigenvalue weighted by Gasteiger charge is 2.33. The number of nitrogens with zero attached hydrogens (tertiary/aromatic N) is 3. The second-order valence-electron chi connectivity index (χ2n) is 8.08. The second kappa shape index (κ2) is 4.29. The summed E-state index contributed by atoms with van der Waals surface area (Å²) in [6.07, 6.45) is 0. The van der Waals surface area contributed by atoms with Gasteiger partial charge in [-0.1, -0.05) is 41.5 Å². The van der Waals surface area contributed by atoms with Gasteiger partial charge in [-0.05, 0) is 6.07 Å². The van der Waals surface area contributed by atoms with E-state index in [1.54, 1.807) is 0 Å². The third kappa shape index (κ3) is 3.50. The summed E-state index contributed by atoms with van der Waals surface area (Å²) in [5.41, 5.74) is 2.17. The standard InChI is InChI=1S/C15H28N3/c1-13(2,3)11-10-12(14(4,5)6)17-18(16-11)15(7,8)9/h10H,1-9H3/q+1. The Hall–Kier alpha value is -0.990. The van der Waals surface area contributed by atoms with Crippen LogP contribution in [0, 0.1) is 0 Å². The highest BCUT2D eigenvalue weighted by molar-refractivity contribution is 5.18. The molecule has 0 unspecified atom stereocenters. The Kier molecular flexibility index (Phi) is 3.59. The molecule has 1 heterocycles. The van der Waals surface area contributed by atoms with Crippen molar-refractivity contribution < 1.29 is 4.80 Å². The highest BCUT2D eigenvalue weighted by atomic mass is 15.5. The maximum absolute atomic E-state index is 4.70. The minimum absolute atomic E-state index is 0.0376. The summed E-state index contributed by atoms with van der Waals surface area (Å²) in [6.45, 7) is 19.5. The molecule has 0 N–H and O–H groups in total. The molecule has 0 aliphatic carbocycles. The second-order valence-corrected chi connectivity index (χ2v) is 8.08. The average Bonchev–Trinajstić information content (AvgIpc) is 2.13. The fourth-order valence-electron chi connectivity index (χ4n) is 1.45. The molecule has 0 bridgehead atoms. The summed E-state index contributed by atoms with van der Waals surface area (Å²) in [5.74, 6) is 0. The summed E-state index contributed by atoms with van der Waals surface area (Å²) in [7, 11) is 0. The molecule has 0 atom stereocenters. The first-order valence-corrected chi connectivity index (χ1v) is 6.65. The van der Waals surface area contributed by atoms with Crippen molar-refractivity contribution in [1.29, 1.82) is 0 Å². The third-order valence-electron chi connectivity index (χ3n) is 2.82. The van der Waals surface area contributed by atoms with Gasteiger partial charge in [0.1, 0.15) is 11.4 Å². The van der Waals surface area contributed by atoms with E-state index in [-0.39, 0.29) is 16.4 Å². The maximum atomic E-state index is 4.70. The van der Waals surface area contributed by atoms with Crippen LogP contribution >= 0.6 is 0 Å². The Bertz CT molecular complexity index is 350. The molecular formula is C15H28N3+. The number of hydrogen-bond acceptors (Lipinski definition) is 2. The average molecular weight is 250 g/mol. The van der Waals surface area contributed by atoms with Crippen LogP contribution in [-0.2, 0) is 16.4 Å². The van der Waals surface area contributed by atoms with Gasteiger partial charge >= 0.3 is 0 Å². The molecule has 1 rings (SSSR count). The van der Waals surface area contributed by atoms with Crippen molar-refractivity contribution in [2.75, 3.05) is 0 Å². The van der Waals surface area contributed by atoms with Gasteiger partial charge < -0.3 is 0 Å². The van der Waals surface area contributed by atoms with Gasteiger partial charge in [0.05, 0.1) is 0 Å². The van der Waals surface area contributed by atoms with Crippen molar-refractivity contribution >= 4 is 0 Å². The van der Waals surface area contributed by atoms with E-state index in [9.17, 15) is 0 Å². The van der Waals surface area contributed by atoms with Gasteiger partial charge in [0.15, 0.2) is 0 Å². The van der Waals surface area contributed by atoms with Gasteiger partial charge in [0.25, 0.3) is 0 Å². The summed E-state index contributed by atoms with van der Waals surface area (Å²) >= 11 is 0. The molecule has 0 saturated heterocycles. The predicted molar refractivity (Wildman–Crippen MR) is 74.6 cm³/mol. The molecule has 0 spiro atoms. The molecule has 18 heavy (non-hydrogen) atoms. The van der Waals surface area contributed by atoms with Crippen molar-refractivity contribution in [3.8, 4) is 0 Å². The van der Waals surface area contributed by atoms with Gasteiger partial charge in [0, 0.05) is 46.6 Å². The Labute approximate surface area is 112 Å². The number of aromatic nitrogens is 3. The minimum atomic E-state index is -0.0960. The van der Waals surface area contributed by atoms with Crippen LogP contribution in [0.3, 0.4) is 0 Å². The SMILES string of the molecule is CC(C)(C)c1cc(C(C)(C)C)n[n+](C(C)(C)C)n1. The third-order valence-corrected chi connectivity index (χ3v) is 2.82. The lowest BCUT2D eigenvalue weighted by Gasteiger charge is -2.22. The first kappa shape index (κ1) is 15.1. The zero-order valence-corrected chi connectivity index (χ0v) is 13.4. The topological polar surface area (TPSA) is 29.7 Å². The van der Waals surface area contributed by atoms with E-state index in [2.05, 4.69) is 68.4 Å². The Balaban J connectivity index is 3.49. The van der Waals surface area contributed by atoms with E-state index in [1.165, 1.54) is 0 Å². The van der Waals surface area contributed by atoms with Crippen molar-refractivity contribution in [2.24, 2.45) is 0 Å². The van der Waals surface area contributed by atoms with Crippen LogP contribution in [0.4, 0.5) is 0 Å². The van der Waals surface area contributed by atoms with E-state index in [4.69, 9.17) is 10.2 Å². The molecule has 1 aromatic heterocycles. The molecule has 0 radical (unpaired) electrons. The van der Waals surface area contributed by atoms with Crippen LogP contribution in [-0.4, -0.2) is 10.2 Å². The lowest BCUT2D eigenvalue weighted by Crippen LogP contribution is -2.58. The summed E-state index contributed by atoms with van der Waals surface area (Å²) in [5, 5.41) is 9.39. The zero-order chi connectivity index (χ0) is 14.4. The highest BCUT2D eigenvalue weighted by Crippen LogP contribution is 2.25. The largest absolute Gasteiger partial charge is 0.213 e. The van der Waals surface area contributed by atoms with E-state index in [0.717, 1.165) is 11.4 Å². The maximum Gasteiger partial charge on any atom is 0.213 e. The first-order valence-electron chi connectivity index (χ1n) is 6.65. The normalized spacial score (nSPS) is 13.8. The van der Waals surface area contributed by atoms with Crippen LogP contribution in [0.2, 0.25) is 0 Å². The minimum Gasteiger partial charge on any atom is -0.0543 e. The lowest BCUT2D eigenvalue weighted by atomic mass is 9.87. The van der Waals surface area contributed by atoms with Gasteiger partial charge in [-0.25, -0.2) is 0 Å². The van der Waals surface area contributed by atoms with Crippen molar-refractivity contribution in [3.05, 3.63) is 17.5 Å². The molecule has 0 aliphatic rings. The smallest absolute Gasteiger partial charge is 0.0543 e. The van der Waals surface area contributed by atoms with E-state index < -0.39 is 0 Å². The van der Waals surface area contributed by atoms with Gasteiger partial charge in [-0.2, -0.15) is 0 Å². The molecule has 1 aromatic rings. The zero-order valence-electron chi connectivity index (χ0n) is 13.4. The van der Waals surface area contributed by atoms with E-state index in [0.29, 0.717) is 0 Å². The Morgan fingerprint density at radius 3 is 1.28 bits per heavy atom. The van der Waals surface area contributed by atoms with Gasteiger partial charge in [-0.3, -0.25) is 0 Å². The summed E-state index contributed by atoms with van der Waals surface area (Å²) in [4.78, 5) is 1.86. The number of rotatable bonds is 0. The predicted octanol–water partition coefficient (Wildman–Crippen LogP) is 3.11. The van der Waals surface area contributed by atoms with Crippen LogP contribution in [0.1, 0.15) is 73.7 Å². The number of hydrogen-bond donors (Lipinski definition) is 0. The molecule has 0 aliphatic heterocycles. The van der Waals surface area contributed by atoms with Crippen molar-refractivity contribution in [1.82, 2.24) is 10.2 Å². The van der Waals surface area contributed by atoms with E-state index in [1.807, 2.05) is 4.80 Å². The van der Waals surface area contributed by atoms with E-state index >= 15 is 0 Å². The summed E-state index contributed by atoms with van der Waals surface area (Å²) < 4.78 is 0. The molecule has 0 amide bonds. The van der Waals surface area contributed by atoms with Crippen molar-refractivity contribution in [3.63, 3.8) is 0 Å². The van der Waals surface area contributed by atoms with Crippen LogP contribution in [0.15, 0.2) is 6.07 Å². The molecule has 3 heteroatoms.